The molecule has 4 rings (SSSR count). The van der Waals surface area contributed by atoms with Crippen LogP contribution >= 0.6 is 0 Å². The first kappa shape index (κ1) is 26.7. The van der Waals surface area contributed by atoms with Gasteiger partial charge in [-0.2, -0.15) is 0 Å². The molecule has 0 fully saturated rings. The van der Waals surface area contributed by atoms with Gasteiger partial charge in [0.15, 0.2) is 0 Å². The predicted molar refractivity (Wildman–Crippen MR) is 141 cm³/mol. The van der Waals surface area contributed by atoms with Gasteiger partial charge >= 0.3 is 0 Å². The third-order valence-corrected chi connectivity index (χ3v) is 4.67. The zero-order valence-corrected chi connectivity index (χ0v) is 19.6. The molecule has 1 nitrogen and oxygen atoms in total. The third-order valence-electron chi connectivity index (χ3n) is 4.67. The van der Waals surface area contributed by atoms with Crippen molar-refractivity contribution >= 4 is 0 Å². The van der Waals surface area contributed by atoms with Crippen LogP contribution in [0, 0.1) is 41.5 Å². The fraction of sp³-hybridized carbons (Fsp3) is 0.226. The van der Waals surface area contributed by atoms with E-state index in [4.69, 9.17) is 4.74 Å². The first-order valence-corrected chi connectivity index (χ1v) is 10.7. The normalized spacial score (nSPS) is 9.31. The van der Waals surface area contributed by atoms with Crippen molar-refractivity contribution in [3.63, 3.8) is 0 Å². The Morgan fingerprint density at radius 3 is 0.906 bits per heavy atom. The molecule has 1 heteroatoms. The highest BCUT2D eigenvalue weighted by atomic mass is 16.5. The predicted octanol–water partition coefficient (Wildman–Crippen LogP) is 9.34. The maximum atomic E-state index is 5.69. The van der Waals surface area contributed by atoms with Gasteiger partial charge in [-0.1, -0.05) is 114 Å². The highest BCUT2D eigenvalue weighted by Crippen LogP contribution is 2.21. The van der Waals surface area contributed by atoms with E-state index in [1.165, 1.54) is 33.4 Å². The molecule has 0 heterocycles. The topological polar surface area (TPSA) is 9.23 Å². The molecule has 0 amide bonds. The number of benzene rings is 4. The summed E-state index contributed by atoms with van der Waals surface area (Å²) in [6.45, 7) is 12.5. The third kappa shape index (κ3) is 10.6. The van der Waals surface area contributed by atoms with Crippen LogP contribution in [0.5, 0.6) is 11.5 Å². The summed E-state index contributed by atoms with van der Waals surface area (Å²) in [6, 6.07) is 33.0. The lowest BCUT2D eigenvalue weighted by Gasteiger charge is -2.05. The number of hydrogen-bond donors (Lipinski definition) is 0. The van der Waals surface area contributed by atoms with Gasteiger partial charge in [-0.05, 0) is 65.8 Å². The van der Waals surface area contributed by atoms with E-state index in [0.29, 0.717) is 0 Å². The van der Waals surface area contributed by atoms with Gasteiger partial charge in [0, 0.05) is 0 Å². The number of ether oxygens (including phenoxy) is 1. The van der Waals surface area contributed by atoms with Crippen LogP contribution in [0.1, 0.15) is 40.8 Å². The van der Waals surface area contributed by atoms with E-state index >= 15 is 0 Å². The fourth-order valence-corrected chi connectivity index (χ4v) is 2.79. The summed E-state index contributed by atoms with van der Waals surface area (Å²) in [6.07, 6.45) is 0. The van der Waals surface area contributed by atoms with Crippen molar-refractivity contribution in [2.75, 3.05) is 0 Å². The van der Waals surface area contributed by atoms with E-state index in [2.05, 4.69) is 90.1 Å². The molecule has 0 N–H and O–H groups in total. The lowest BCUT2D eigenvalue weighted by atomic mass is 10.2. The van der Waals surface area contributed by atoms with Crippen LogP contribution in [0.25, 0.3) is 0 Å². The Balaban J connectivity index is 0.000000257. The second-order valence-electron chi connectivity index (χ2n) is 8.04. The summed E-state index contributed by atoms with van der Waals surface area (Å²) < 4.78 is 5.69. The Hall–Kier alpha value is -3.32. The zero-order valence-electron chi connectivity index (χ0n) is 19.6. The molecule has 0 aliphatic carbocycles. The number of hydrogen-bond acceptors (Lipinski definition) is 1. The molecule has 4 aromatic rings. The Morgan fingerprint density at radius 1 is 0.375 bits per heavy atom. The second kappa shape index (κ2) is 13.9. The maximum Gasteiger partial charge on any atom is 0.127 e. The molecule has 0 spiro atoms. The van der Waals surface area contributed by atoms with Crippen molar-refractivity contribution in [3.8, 4) is 11.5 Å². The van der Waals surface area contributed by atoms with Crippen molar-refractivity contribution in [1.82, 2.24) is 0 Å². The monoisotopic (exact) mass is 426 g/mol. The molecular weight excluding hydrogens is 388 g/mol. The summed E-state index contributed by atoms with van der Waals surface area (Å²) in [5.74, 6) is 1.76. The highest BCUT2D eigenvalue weighted by molar-refractivity contribution is 5.34. The molecule has 0 unspecified atom stereocenters. The van der Waals surface area contributed by atoms with Crippen LogP contribution < -0.4 is 4.74 Å². The Bertz CT molecular complexity index is 945. The van der Waals surface area contributed by atoms with Crippen molar-refractivity contribution in [3.05, 3.63) is 130 Å². The van der Waals surface area contributed by atoms with Gasteiger partial charge in [-0.3, -0.25) is 0 Å². The molecule has 0 radical (unpaired) electrons. The Morgan fingerprint density at radius 2 is 0.656 bits per heavy atom. The molecule has 0 aliphatic heterocycles. The van der Waals surface area contributed by atoms with Gasteiger partial charge in [0.1, 0.15) is 11.5 Å². The minimum absolute atomic E-state index is 0. The van der Waals surface area contributed by atoms with Crippen LogP contribution in [0.4, 0.5) is 0 Å². The molecule has 4 aromatic carbocycles. The Kier molecular flexibility index (Phi) is 11.6. The molecule has 0 saturated carbocycles. The van der Waals surface area contributed by atoms with Gasteiger partial charge in [-0.25, -0.2) is 0 Å². The lowest BCUT2D eigenvalue weighted by molar-refractivity contribution is 0.482. The van der Waals surface area contributed by atoms with Crippen LogP contribution in [-0.2, 0) is 0 Å². The van der Waals surface area contributed by atoms with Crippen molar-refractivity contribution in [2.24, 2.45) is 0 Å². The fourth-order valence-electron chi connectivity index (χ4n) is 2.79. The van der Waals surface area contributed by atoms with Crippen molar-refractivity contribution in [2.45, 2.75) is 49.0 Å². The standard InChI is InChI=1S/C14H14O.2C8H10.CH4/c1-11-3-7-13(8-4-11)15-14-9-5-12(2)6-10-14;1-7-3-5-8(2)6-4-7;1-7-4-3-5-8(2)6-7;/h3-10H,1-2H3;2*3-6H,1-2H3;1H4. The molecule has 32 heavy (non-hydrogen) atoms. The average Bonchev–Trinajstić information content (AvgIpc) is 2.74. The number of aryl methyl sites for hydroxylation is 6. The molecular formula is C31H38O. The van der Waals surface area contributed by atoms with E-state index in [9.17, 15) is 0 Å². The molecule has 0 aromatic heterocycles. The van der Waals surface area contributed by atoms with Gasteiger partial charge in [-0.15, -0.1) is 0 Å². The molecule has 168 valence electrons. The minimum Gasteiger partial charge on any atom is -0.457 e. The van der Waals surface area contributed by atoms with E-state index in [0.717, 1.165) is 11.5 Å². The van der Waals surface area contributed by atoms with Crippen LogP contribution in [-0.4, -0.2) is 0 Å². The Labute approximate surface area is 195 Å². The van der Waals surface area contributed by atoms with E-state index in [1.807, 2.05) is 48.5 Å². The van der Waals surface area contributed by atoms with Crippen molar-refractivity contribution in [1.29, 1.82) is 0 Å². The summed E-state index contributed by atoms with van der Waals surface area (Å²) in [5.41, 5.74) is 7.82. The smallest absolute Gasteiger partial charge is 0.127 e. The summed E-state index contributed by atoms with van der Waals surface area (Å²) >= 11 is 0. The summed E-state index contributed by atoms with van der Waals surface area (Å²) in [5, 5.41) is 0. The molecule has 0 saturated heterocycles. The first-order chi connectivity index (χ1) is 14.8. The van der Waals surface area contributed by atoms with E-state index in [-0.39, 0.29) is 7.43 Å². The zero-order chi connectivity index (χ0) is 22.6. The van der Waals surface area contributed by atoms with Gasteiger partial charge in [0.05, 0.1) is 0 Å². The van der Waals surface area contributed by atoms with Crippen molar-refractivity contribution < 1.29 is 4.74 Å². The lowest BCUT2D eigenvalue weighted by Crippen LogP contribution is -1.84. The van der Waals surface area contributed by atoms with Gasteiger partial charge in [0.25, 0.3) is 0 Å². The molecule has 0 aliphatic rings. The summed E-state index contributed by atoms with van der Waals surface area (Å²) in [7, 11) is 0. The van der Waals surface area contributed by atoms with E-state index < -0.39 is 0 Å². The minimum atomic E-state index is 0. The van der Waals surface area contributed by atoms with Crippen LogP contribution in [0.15, 0.2) is 97.1 Å². The highest BCUT2D eigenvalue weighted by Gasteiger charge is 1.95. The SMILES string of the molecule is C.Cc1ccc(C)cc1.Cc1ccc(Oc2ccc(C)cc2)cc1.Cc1cccc(C)c1. The first-order valence-electron chi connectivity index (χ1n) is 10.7. The van der Waals surface area contributed by atoms with Crippen LogP contribution in [0.3, 0.4) is 0 Å². The average molecular weight is 427 g/mol. The molecule has 0 bridgehead atoms. The van der Waals surface area contributed by atoms with Gasteiger partial charge in [0.2, 0.25) is 0 Å². The largest absolute Gasteiger partial charge is 0.457 e. The van der Waals surface area contributed by atoms with Gasteiger partial charge < -0.3 is 4.74 Å². The van der Waals surface area contributed by atoms with E-state index in [1.54, 1.807) is 0 Å². The molecule has 0 atom stereocenters. The maximum absolute atomic E-state index is 5.69. The number of rotatable bonds is 2. The van der Waals surface area contributed by atoms with Crippen LogP contribution in [0.2, 0.25) is 0 Å². The second-order valence-corrected chi connectivity index (χ2v) is 8.04. The quantitative estimate of drug-likeness (QED) is 0.310. The summed E-state index contributed by atoms with van der Waals surface area (Å²) in [4.78, 5) is 0.